The molecule has 0 atom stereocenters. The maximum atomic E-state index is 13.2. The maximum absolute atomic E-state index is 13.2. The van der Waals surface area contributed by atoms with Gasteiger partial charge in [-0.3, -0.25) is 9.59 Å². The van der Waals surface area contributed by atoms with Gasteiger partial charge in [-0.2, -0.15) is 0 Å². The van der Waals surface area contributed by atoms with Crippen LogP contribution in [0.2, 0.25) is 0 Å². The third-order valence-electron chi connectivity index (χ3n) is 3.34. The Bertz CT molecular complexity index is 513. The van der Waals surface area contributed by atoms with Crippen LogP contribution >= 0.6 is 15.9 Å². The molecule has 1 heterocycles. The van der Waals surface area contributed by atoms with E-state index >= 15 is 0 Å². The highest BCUT2D eigenvalue weighted by molar-refractivity contribution is 9.10. The normalized spacial score (nSPS) is 16.4. The smallest absolute Gasteiger partial charge is 0.255 e. The second-order valence-electron chi connectivity index (χ2n) is 4.59. The summed E-state index contributed by atoms with van der Waals surface area (Å²) in [5, 5.41) is 0. The molecule has 2 amide bonds. The molecule has 4 nitrogen and oxygen atoms in total. The van der Waals surface area contributed by atoms with Crippen molar-refractivity contribution < 1.29 is 14.0 Å². The molecule has 0 bridgehead atoms. The van der Waals surface area contributed by atoms with Gasteiger partial charge in [0, 0.05) is 23.5 Å². The molecule has 102 valence electrons. The van der Waals surface area contributed by atoms with Crippen LogP contribution in [-0.4, -0.2) is 29.8 Å². The molecule has 0 saturated carbocycles. The van der Waals surface area contributed by atoms with Crippen LogP contribution in [0.4, 0.5) is 4.39 Å². The van der Waals surface area contributed by atoms with Gasteiger partial charge in [0.25, 0.3) is 5.91 Å². The Morgan fingerprint density at radius 3 is 2.53 bits per heavy atom. The summed E-state index contributed by atoms with van der Waals surface area (Å²) >= 11 is 3.24. The zero-order valence-corrected chi connectivity index (χ0v) is 11.8. The molecular formula is C13H14BrFN2O2. The second kappa shape index (κ2) is 5.69. The number of hydrogen-bond acceptors (Lipinski definition) is 2. The van der Waals surface area contributed by atoms with Crippen LogP contribution in [0.25, 0.3) is 0 Å². The first-order chi connectivity index (χ1) is 8.99. The van der Waals surface area contributed by atoms with Crippen LogP contribution in [-0.2, 0) is 4.79 Å². The van der Waals surface area contributed by atoms with E-state index in [1.165, 1.54) is 18.2 Å². The number of primary amides is 1. The van der Waals surface area contributed by atoms with Gasteiger partial charge in [0.05, 0.1) is 5.56 Å². The van der Waals surface area contributed by atoms with Gasteiger partial charge in [0.2, 0.25) is 5.91 Å². The van der Waals surface area contributed by atoms with Gasteiger partial charge in [0.1, 0.15) is 5.82 Å². The van der Waals surface area contributed by atoms with Crippen LogP contribution in [0.1, 0.15) is 23.2 Å². The van der Waals surface area contributed by atoms with Gasteiger partial charge in [-0.1, -0.05) is 0 Å². The van der Waals surface area contributed by atoms with Gasteiger partial charge in [0.15, 0.2) is 0 Å². The van der Waals surface area contributed by atoms with Gasteiger partial charge in [-0.05, 0) is 47.0 Å². The lowest BCUT2D eigenvalue weighted by Gasteiger charge is -2.30. The molecule has 0 radical (unpaired) electrons. The molecule has 19 heavy (non-hydrogen) atoms. The monoisotopic (exact) mass is 328 g/mol. The number of carbonyl (C=O) groups is 2. The Kier molecular flexibility index (Phi) is 4.19. The summed E-state index contributed by atoms with van der Waals surface area (Å²) in [5.74, 6) is -1.16. The van der Waals surface area contributed by atoms with E-state index in [1.807, 2.05) is 0 Å². The minimum atomic E-state index is -0.446. The molecule has 1 aromatic rings. The minimum Gasteiger partial charge on any atom is -0.369 e. The molecule has 1 aliphatic heterocycles. The topological polar surface area (TPSA) is 63.4 Å². The van der Waals surface area contributed by atoms with E-state index in [2.05, 4.69) is 15.9 Å². The summed E-state index contributed by atoms with van der Waals surface area (Å²) in [4.78, 5) is 24.9. The number of piperidine rings is 1. The maximum Gasteiger partial charge on any atom is 0.255 e. The standard InChI is InChI=1S/C13H14BrFN2O2/c14-11-2-1-9(15)7-10(11)13(19)17-5-3-8(4-6-17)12(16)18/h1-2,7-8H,3-6H2,(H2,16,18). The Morgan fingerprint density at radius 2 is 1.95 bits per heavy atom. The molecular weight excluding hydrogens is 315 g/mol. The third-order valence-corrected chi connectivity index (χ3v) is 4.03. The summed E-state index contributed by atoms with van der Waals surface area (Å²) < 4.78 is 13.8. The van der Waals surface area contributed by atoms with Crippen LogP contribution in [0, 0.1) is 11.7 Å². The van der Waals surface area contributed by atoms with E-state index in [9.17, 15) is 14.0 Å². The van der Waals surface area contributed by atoms with Crippen molar-refractivity contribution >= 4 is 27.7 Å². The molecule has 0 spiro atoms. The van der Waals surface area contributed by atoms with Crippen LogP contribution in [0.5, 0.6) is 0 Å². The number of hydrogen-bond donors (Lipinski definition) is 1. The van der Waals surface area contributed by atoms with E-state index in [-0.39, 0.29) is 17.7 Å². The molecule has 1 saturated heterocycles. The molecule has 1 aliphatic rings. The number of amides is 2. The van der Waals surface area contributed by atoms with Crippen molar-refractivity contribution in [2.45, 2.75) is 12.8 Å². The number of nitrogens with two attached hydrogens (primary N) is 1. The minimum absolute atomic E-state index is 0.167. The lowest BCUT2D eigenvalue weighted by atomic mass is 9.96. The average molecular weight is 329 g/mol. The zero-order valence-electron chi connectivity index (χ0n) is 10.2. The Labute approximate surface area is 118 Å². The average Bonchev–Trinajstić information content (AvgIpc) is 2.41. The van der Waals surface area contributed by atoms with Crippen molar-refractivity contribution in [1.82, 2.24) is 4.90 Å². The first-order valence-corrected chi connectivity index (χ1v) is 6.82. The van der Waals surface area contributed by atoms with Crippen LogP contribution in [0.3, 0.4) is 0 Å². The first-order valence-electron chi connectivity index (χ1n) is 6.02. The Morgan fingerprint density at radius 1 is 1.32 bits per heavy atom. The molecule has 1 fully saturated rings. The summed E-state index contributed by atoms with van der Waals surface area (Å²) in [6, 6.07) is 4.02. The van der Waals surface area contributed by atoms with Crippen molar-refractivity contribution in [2.24, 2.45) is 11.7 Å². The number of benzene rings is 1. The summed E-state index contributed by atoms with van der Waals surface area (Å²) in [6.07, 6.45) is 1.13. The number of nitrogens with zero attached hydrogens (tertiary/aromatic N) is 1. The Hall–Kier alpha value is -1.43. The number of halogens is 2. The van der Waals surface area contributed by atoms with Crippen molar-refractivity contribution in [1.29, 1.82) is 0 Å². The SMILES string of the molecule is NC(=O)C1CCN(C(=O)c2cc(F)ccc2Br)CC1. The predicted octanol–water partition coefficient (Wildman–Crippen LogP) is 1.93. The lowest BCUT2D eigenvalue weighted by molar-refractivity contribution is -0.123. The van der Waals surface area contributed by atoms with E-state index in [4.69, 9.17) is 5.73 Å². The van der Waals surface area contributed by atoms with E-state index in [1.54, 1.807) is 4.90 Å². The fourth-order valence-corrected chi connectivity index (χ4v) is 2.62. The zero-order chi connectivity index (χ0) is 14.0. The van der Waals surface area contributed by atoms with E-state index in [0.717, 1.165) is 0 Å². The predicted molar refractivity (Wildman–Crippen MR) is 71.9 cm³/mol. The highest BCUT2D eigenvalue weighted by atomic mass is 79.9. The van der Waals surface area contributed by atoms with Crippen molar-refractivity contribution in [3.05, 3.63) is 34.1 Å². The lowest BCUT2D eigenvalue weighted by Crippen LogP contribution is -2.41. The molecule has 0 unspecified atom stereocenters. The Balaban J connectivity index is 2.09. The molecule has 1 aromatic carbocycles. The van der Waals surface area contributed by atoms with E-state index in [0.29, 0.717) is 36.0 Å². The highest BCUT2D eigenvalue weighted by Gasteiger charge is 2.27. The highest BCUT2D eigenvalue weighted by Crippen LogP contribution is 2.23. The second-order valence-corrected chi connectivity index (χ2v) is 5.45. The number of carbonyl (C=O) groups excluding carboxylic acids is 2. The molecule has 0 aliphatic carbocycles. The molecule has 6 heteroatoms. The van der Waals surface area contributed by atoms with Gasteiger partial charge < -0.3 is 10.6 Å². The van der Waals surface area contributed by atoms with Gasteiger partial charge in [-0.25, -0.2) is 4.39 Å². The molecule has 2 N–H and O–H groups in total. The summed E-state index contributed by atoms with van der Waals surface area (Å²) in [6.45, 7) is 0.935. The van der Waals surface area contributed by atoms with E-state index < -0.39 is 5.82 Å². The van der Waals surface area contributed by atoms with Crippen molar-refractivity contribution in [3.8, 4) is 0 Å². The van der Waals surface area contributed by atoms with Crippen LogP contribution in [0.15, 0.2) is 22.7 Å². The van der Waals surface area contributed by atoms with Crippen LogP contribution < -0.4 is 5.73 Å². The largest absolute Gasteiger partial charge is 0.369 e. The fourth-order valence-electron chi connectivity index (χ4n) is 2.20. The third kappa shape index (κ3) is 3.12. The van der Waals surface area contributed by atoms with Gasteiger partial charge >= 0.3 is 0 Å². The fraction of sp³-hybridized carbons (Fsp3) is 0.385. The number of rotatable bonds is 2. The quantitative estimate of drug-likeness (QED) is 0.901. The van der Waals surface area contributed by atoms with Crippen molar-refractivity contribution in [3.63, 3.8) is 0 Å². The first kappa shape index (κ1) is 14.0. The summed E-state index contributed by atoms with van der Waals surface area (Å²) in [5.41, 5.74) is 5.55. The summed E-state index contributed by atoms with van der Waals surface area (Å²) in [7, 11) is 0. The molecule has 0 aromatic heterocycles. The molecule has 2 rings (SSSR count). The number of likely N-dealkylation sites (tertiary alicyclic amines) is 1. The van der Waals surface area contributed by atoms with Gasteiger partial charge in [-0.15, -0.1) is 0 Å². The van der Waals surface area contributed by atoms with Crippen molar-refractivity contribution in [2.75, 3.05) is 13.1 Å².